The maximum atomic E-state index is 14.1. The van der Waals surface area contributed by atoms with Gasteiger partial charge in [0, 0.05) is 12.2 Å². The average Bonchev–Trinajstić information content (AvgIpc) is 3.09. The summed E-state index contributed by atoms with van der Waals surface area (Å²) in [5.74, 6) is -1.40. The lowest BCUT2D eigenvalue weighted by molar-refractivity contribution is 0.102. The zero-order valence-electron chi connectivity index (χ0n) is 16.9. The molecule has 3 unspecified atom stereocenters. The molecule has 1 amide bonds. The van der Waals surface area contributed by atoms with Crippen LogP contribution in [-0.4, -0.2) is 21.9 Å². The van der Waals surface area contributed by atoms with Gasteiger partial charge in [-0.05, 0) is 54.9 Å². The fraction of sp³-hybridized carbons (Fsp3) is 0.318. The molecule has 0 bridgehead atoms. The lowest BCUT2D eigenvalue weighted by Gasteiger charge is -2.32. The summed E-state index contributed by atoms with van der Waals surface area (Å²) in [5, 5.41) is 2.91. The van der Waals surface area contributed by atoms with Crippen LogP contribution in [-0.2, 0) is 0 Å². The van der Waals surface area contributed by atoms with Gasteiger partial charge in [0.2, 0.25) is 0 Å². The van der Waals surface area contributed by atoms with Gasteiger partial charge in [0.1, 0.15) is 21.6 Å². The van der Waals surface area contributed by atoms with Crippen molar-refractivity contribution in [1.82, 2.24) is 9.97 Å². The van der Waals surface area contributed by atoms with Crippen LogP contribution in [0.25, 0.3) is 10.6 Å². The van der Waals surface area contributed by atoms with Crippen LogP contribution in [0, 0.1) is 17.6 Å². The number of thiazole rings is 1. The highest BCUT2D eigenvalue weighted by molar-refractivity contribution is 7.19. The van der Waals surface area contributed by atoms with Gasteiger partial charge in [-0.15, -0.1) is 0 Å². The standard InChI is InChI=1S/C22H23F2N5OS/c1-11-7-12(9-13(25)8-11)14-5-6-27-10-17(14)28-21(30)19-20(26)31-22(29-19)18-15(23)3-2-4-16(18)24/h2-6,10-13H,7-9,25-26H2,1H3,(H,28,30). The van der Waals surface area contributed by atoms with E-state index >= 15 is 0 Å². The third kappa shape index (κ3) is 4.42. The second-order valence-corrected chi connectivity index (χ2v) is 9.05. The first-order valence-electron chi connectivity index (χ1n) is 10.0. The molecule has 0 spiro atoms. The second kappa shape index (κ2) is 8.68. The zero-order valence-corrected chi connectivity index (χ0v) is 17.8. The summed E-state index contributed by atoms with van der Waals surface area (Å²) in [4.78, 5) is 21.2. The van der Waals surface area contributed by atoms with Crippen LogP contribution in [0.5, 0.6) is 0 Å². The molecule has 1 saturated carbocycles. The van der Waals surface area contributed by atoms with Gasteiger partial charge < -0.3 is 16.8 Å². The molecule has 3 aromatic rings. The summed E-state index contributed by atoms with van der Waals surface area (Å²) in [7, 11) is 0. The van der Waals surface area contributed by atoms with E-state index < -0.39 is 17.5 Å². The second-order valence-electron chi connectivity index (χ2n) is 8.01. The number of carbonyl (C=O) groups excluding carboxylic acids is 1. The van der Waals surface area contributed by atoms with E-state index in [1.54, 1.807) is 12.4 Å². The number of benzene rings is 1. The van der Waals surface area contributed by atoms with Gasteiger partial charge in [-0.3, -0.25) is 9.78 Å². The van der Waals surface area contributed by atoms with Crippen LogP contribution >= 0.6 is 11.3 Å². The first kappa shape index (κ1) is 21.3. The number of carbonyl (C=O) groups is 1. The van der Waals surface area contributed by atoms with Gasteiger partial charge in [-0.2, -0.15) is 0 Å². The van der Waals surface area contributed by atoms with Gasteiger partial charge in [0.05, 0.1) is 17.4 Å². The molecule has 31 heavy (non-hydrogen) atoms. The normalized spacial score (nSPS) is 21.1. The summed E-state index contributed by atoms with van der Waals surface area (Å²) in [6.45, 7) is 2.17. The van der Waals surface area contributed by atoms with Gasteiger partial charge in [-0.1, -0.05) is 24.3 Å². The molecule has 1 aliphatic carbocycles. The van der Waals surface area contributed by atoms with Gasteiger partial charge >= 0.3 is 0 Å². The fourth-order valence-corrected chi connectivity index (χ4v) is 5.14. The molecule has 2 heterocycles. The predicted octanol–water partition coefficient (Wildman–Crippen LogP) is 4.55. The van der Waals surface area contributed by atoms with Crippen LogP contribution in [0.3, 0.4) is 0 Å². The lowest BCUT2D eigenvalue weighted by Crippen LogP contribution is -2.31. The number of nitrogens with two attached hydrogens (primary N) is 2. The Morgan fingerprint density at radius 2 is 1.94 bits per heavy atom. The van der Waals surface area contributed by atoms with Gasteiger partial charge in [-0.25, -0.2) is 13.8 Å². The molecule has 0 radical (unpaired) electrons. The number of pyridine rings is 1. The minimum atomic E-state index is -0.766. The molecule has 162 valence electrons. The van der Waals surface area contributed by atoms with Crippen molar-refractivity contribution in [3.8, 4) is 10.6 Å². The molecule has 9 heteroatoms. The van der Waals surface area contributed by atoms with Crippen LogP contribution < -0.4 is 16.8 Å². The Bertz CT molecular complexity index is 1090. The number of aromatic nitrogens is 2. The predicted molar refractivity (Wildman–Crippen MR) is 118 cm³/mol. The van der Waals surface area contributed by atoms with Crippen molar-refractivity contribution in [2.24, 2.45) is 11.7 Å². The highest BCUT2D eigenvalue weighted by Crippen LogP contribution is 2.39. The molecule has 2 aromatic heterocycles. The molecular formula is C22H23F2N5OS. The third-order valence-corrected chi connectivity index (χ3v) is 6.47. The number of nitrogen functional groups attached to an aromatic ring is 1. The summed E-state index contributed by atoms with van der Waals surface area (Å²) in [6, 6.07) is 5.52. The molecular weight excluding hydrogens is 420 g/mol. The van der Waals surface area contributed by atoms with Crippen molar-refractivity contribution < 1.29 is 13.6 Å². The molecule has 1 aromatic carbocycles. The summed E-state index contributed by atoms with van der Waals surface area (Å²) in [5.41, 5.74) is 13.3. The van der Waals surface area contributed by atoms with Crippen molar-refractivity contribution in [1.29, 1.82) is 0 Å². The molecule has 6 nitrogen and oxygen atoms in total. The molecule has 1 fully saturated rings. The number of anilines is 2. The van der Waals surface area contributed by atoms with E-state index in [9.17, 15) is 13.6 Å². The Morgan fingerprint density at radius 3 is 2.65 bits per heavy atom. The van der Waals surface area contributed by atoms with Crippen LogP contribution in [0.2, 0.25) is 0 Å². The number of nitrogens with zero attached hydrogens (tertiary/aromatic N) is 2. The Balaban J connectivity index is 1.61. The van der Waals surface area contributed by atoms with Crippen LogP contribution in [0.4, 0.5) is 19.5 Å². The van der Waals surface area contributed by atoms with Crippen molar-refractivity contribution in [2.45, 2.75) is 38.1 Å². The number of hydrogen-bond donors (Lipinski definition) is 3. The van der Waals surface area contributed by atoms with E-state index in [1.807, 2.05) is 6.07 Å². The largest absolute Gasteiger partial charge is 0.389 e. The highest BCUT2D eigenvalue weighted by Gasteiger charge is 2.28. The molecule has 4 rings (SSSR count). The van der Waals surface area contributed by atoms with E-state index in [1.165, 1.54) is 6.07 Å². The third-order valence-electron chi connectivity index (χ3n) is 5.57. The first-order chi connectivity index (χ1) is 14.8. The SMILES string of the molecule is CC1CC(N)CC(c2ccncc2NC(=O)c2nc(-c3c(F)cccc3F)sc2N)C1. The summed E-state index contributed by atoms with van der Waals surface area (Å²) in [6.07, 6.45) is 6.04. The number of halogens is 2. The van der Waals surface area contributed by atoms with E-state index in [2.05, 4.69) is 22.2 Å². The summed E-state index contributed by atoms with van der Waals surface area (Å²) < 4.78 is 28.2. The Morgan fingerprint density at radius 1 is 1.19 bits per heavy atom. The van der Waals surface area contributed by atoms with Gasteiger partial charge in [0.15, 0.2) is 5.69 Å². The Kier molecular flexibility index (Phi) is 5.97. The Hall–Kier alpha value is -2.91. The monoisotopic (exact) mass is 443 g/mol. The fourth-order valence-electron chi connectivity index (χ4n) is 4.26. The molecule has 3 atom stereocenters. The molecule has 0 aliphatic heterocycles. The van der Waals surface area contributed by atoms with Crippen molar-refractivity contribution >= 4 is 27.9 Å². The van der Waals surface area contributed by atoms with Gasteiger partial charge in [0.25, 0.3) is 5.91 Å². The van der Waals surface area contributed by atoms with E-state index in [0.717, 1.165) is 48.3 Å². The Labute approximate surface area is 182 Å². The van der Waals surface area contributed by atoms with Crippen LogP contribution in [0.15, 0.2) is 36.7 Å². The smallest absolute Gasteiger partial charge is 0.277 e. The maximum Gasteiger partial charge on any atom is 0.277 e. The molecule has 5 N–H and O–H groups in total. The highest BCUT2D eigenvalue weighted by atomic mass is 32.1. The lowest BCUT2D eigenvalue weighted by atomic mass is 9.76. The quantitative estimate of drug-likeness (QED) is 0.548. The number of amides is 1. The van der Waals surface area contributed by atoms with Crippen molar-refractivity contribution in [3.05, 3.63) is 59.6 Å². The topological polar surface area (TPSA) is 107 Å². The zero-order chi connectivity index (χ0) is 22.1. The molecule has 1 aliphatic rings. The maximum absolute atomic E-state index is 14.1. The van der Waals surface area contributed by atoms with E-state index in [-0.39, 0.29) is 33.2 Å². The van der Waals surface area contributed by atoms with Crippen LogP contribution in [0.1, 0.15) is 48.2 Å². The molecule has 0 saturated heterocycles. The summed E-state index contributed by atoms with van der Waals surface area (Å²) >= 11 is 0.861. The number of nitrogens with one attached hydrogen (secondary N) is 1. The average molecular weight is 444 g/mol. The van der Waals surface area contributed by atoms with E-state index in [4.69, 9.17) is 11.5 Å². The number of hydrogen-bond acceptors (Lipinski definition) is 6. The van der Waals surface area contributed by atoms with E-state index in [0.29, 0.717) is 11.6 Å². The minimum absolute atomic E-state index is 0.0109. The van der Waals surface area contributed by atoms with Crippen molar-refractivity contribution in [3.63, 3.8) is 0 Å². The minimum Gasteiger partial charge on any atom is -0.389 e. The first-order valence-corrected chi connectivity index (χ1v) is 10.9. The van der Waals surface area contributed by atoms with Crippen molar-refractivity contribution in [2.75, 3.05) is 11.1 Å². The number of rotatable bonds is 4.